The molecule has 3 atom stereocenters. The molecule has 1 heterocycles. The Kier molecular flexibility index (Phi) is 6.74. The van der Waals surface area contributed by atoms with E-state index in [1.54, 1.807) is 0 Å². The van der Waals surface area contributed by atoms with Crippen LogP contribution in [0.5, 0.6) is 5.75 Å². The third kappa shape index (κ3) is 5.70. The van der Waals surface area contributed by atoms with Crippen molar-refractivity contribution >= 4 is 0 Å². The van der Waals surface area contributed by atoms with Gasteiger partial charge in [0.1, 0.15) is 50.3 Å². The van der Waals surface area contributed by atoms with Gasteiger partial charge < -0.3 is 19.5 Å². The van der Waals surface area contributed by atoms with Gasteiger partial charge in [0.15, 0.2) is 0 Å². The van der Waals surface area contributed by atoms with Crippen LogP contribution in [0.1, 0.15) is 57.4 Å². The Morgan fingerprint density at radius 1 is 1.08 bits per heavy atom. The normalized spacial score (nSPS) is 29.3. The van der Waals surface area contributed by atoms with Gasteiger partial charge in [-0.05, 0) is 50.3 Å². The lowest BCUT2D eigenvalue weighted by atomic mass is 9.84. The number of nitrogens with one attached hydrogen (secondary N) is 1. The number of aliphatic hydroxyl groups excluding tert-OH is 1. The molecule has 4 heteroatoms. The van der Waals surface area contributed by atoms with Gasteiger partial charge in [-0.25, -0.2) is 0 Å². The Morgan fingerprint density at radius 3 is 2.36 bits per heavy atom. The van der Waals surface area contributed by atoms with E-state index in [1.165, 1.54) is 42.6 Å². The lowest BCUT2D eigenvalue weighted by molar-refractivity contribution is -0.918. The van der Waals surface area contributed by atoms with Crippen LogP contribution in [0, 0.1) is 0 Å². The van der Waals surface area contributed by atoms with E-state index in [9.17, 15) is 5.11 Å². The highest BCUT2D eigenvalue weighted by Crippen LogP contribution is 2.33. The van der Waals surface area contributed by atoms with Crippen LogP contribution >= 0.6 is 0 Å². The summed E-state index contributed by atoms with van der Waals surface area (Å²) in [7, 11) is 0. The minimum absolute atomic E-state index is 0.263. The number of hydrogen-bond donors (Lipinski definition) is 2. The number of quaternary nitrogens is 1. The Bertz CT molecular complexity index is 502. The molecular formula is C21H34NO3+. The van der Waals surface area contributed by atoms with E-state index in [0.29, 0.717) is 6.61 Å². The summed E-state index contributed by atoms with van der Waals surface area (Å²) in [5.74, 6) is 1.58. The van der Waals surface area contributed by atoms with Gasteiger partial charge in [-0.15, -0.1) is 0 Å². The molecule has 4 nitrogen and oxygen atoms in total. The quantitative estimate of drug-likeness (QED) is 0.828. The second-order valence-corrected chi connectivity index (χ2v) is 7.99. The highest BCUT2D eigenvalue weighted by molar-refractivity contribution is 5.29. The second-order valence-electron chi connectivity index (χ2n) is 7.99. The molecule has 0 radical (unpaired) electrons. The van der Waals surface area contributed by atoms with Crippen LogP contribution in [-0.2, 0) is 4.74 Å². The fourth-order valence-electron chi connectivity index (χ4n) is 4.41. The van der Waals surface area contributed by atoms with E-state index in [0.717, 1.165) is 31.3 Å². The van der Waals surface area contributed by atoms with Crippen molar-refractivity contribution in [2.45, 2.75) is 70.2 Å². The monoisotopic (exact) mass is 348 g/mol. The predicted molar refractivity (Wildman–Crippen MR) is 99.3 cm³/mol. The van der Waals surface area contributed by atoms with Gasteiger partial charge in [-0.1, -0.05) is 31.4 Å². The van der Waals surface area contributed by atoms with Crippen LogP contribution in [0.4, 0.5) is 0 Å². The van der Waals surface area contributed by atoms with E-state index in [4.69, 9.17) is 9.47 Å². The van der Waals surface area contributed by atoms with Crippen molar-refractivity contribution < 1.29 is 19.5 Å². The molecule has 0 amide bonds. The zero-order chi connectivity index (χ0) is 17.6. The van der Waals surface area contributed by atoms with Gasteiger partial charge in [0.25, 0.3) is 0 Å². The van der Waals surface area contributed by atoms with E-state index >= 15 is 0 Å². The minimum atomic E-state index is -0.439. The molecule has 2 N–H and O–H groups in total. The second kappa shape index (κ2) is 9.02. The maximum absolute atomic E-state index is 10.3. The van der Waals surface area contributed by atoms with Crippen molar-refractivity contribution in [2.75, 3.05) is 26.2 Å². The molecule has 25 heavy (non-hydrogen) atoms. The van der Waals surface area contributed by atoms with Gasteiger partial charge in [-0.3, -0.25) is 0 Å². The van der Waals surface area contributed by atoms with Crippen molar-refractivity contribution in [3.8, 4) is 5.75 Å². The molecule has 1 saturated heterocycles. The Labute approximate surface area is 152 Å². The van der Waals surface area contributed by atoms with E-state index in [-0.39, 0.29) is 12.2 Å². The van der Waals surface area contributed by atoms with Crippen LogP contribution in [0.3, 0.4) is 0 Å². The molecule has 1 aromatic carbocycles. The fourth-order valence-corrected chi connectivity index (χ4v) is 4.41. The van der Waals surface area contributed by atoms with Gasteiger partial charge >= 0.3 is 0 Å². The molecule has 1 aliphatic carbocycles. The molecule has 0 spiro atoms. The zero-order valence-electron chi connectivity index (χ0n) is 15.7. The minimum Gasteiger partial charge on any atom is -0.491 e. The molecular weight excluding hydrogens is 314 g/mol. The lowest BCUT2D eigenvalue weighted by Gasteiger charge is -2.33. The SMILES string of the molecule is C[C@@H]1C[NH+](C[C@H](O)COc2ccc(C3CCCCC3)cc2)C[C@@H](C)O1. The molecule has 1 aromatic rings. The summed E-state index contributed by atoms with van der Waals surface area (Å²) in [4.78, 5) is 1.40. The standard InChI is InChI=1S/C21H33NO3/c1-16-12-22(13-17(2)25-16)14-20(23)15-24-21-10-8-19(9-11-21)18-6-4-3-5-7-18/h8-11,16-18,20,23H,3-7,12-15H2,1-2H3/p+1/t16-,17-,20+/m1/s1. The van der Waals surface area contributed by atoms with Crippen molar-refractivity contribution in [1.29, 1.82) is 0 Å². The molecule has 2 aliphatic rings. The summed E-state index contributed by atoms with van der Waals surface area (Å²) in [6.07, 6.45) is 6.82. The summed E-state index contributed by atoms with van der Waals surface area (Å²) in [6, 6.07) is 8.52. The number of ether oxygens (including phenoxy) is 2. The van der Waals surface area contributed by atoms with Crippen LogP contribution in [0.15, 0.2) is 24.3 Å². The highest BCUT2D eigenvalue weighted by Gasteiger charge is 2.27. The summed E-state index contributed by atoms with van der Waals surface area (Å²) in [5.41, 5.74) is 1.44. The molecule has 2 fully saturated rings. The van der Waals surface area contributed by atoms with Crippen LogP contribution in [-0.4, -0.2) is 49.7 Å². The average molecular weight is 349 g/mol. The summed E-state index contributed by atoms with van der Waals surface area (Å²) >= 11 is 0. The van der Waals surface area contributed by atoms with Gasteiger partial charge in [0.2, 0.25) is 0 Å². The third-order valence-corrected chi connectivity index (χ3v) is 5.54. The number of aliphatic hydroxyl groups is 1. The summed E-state index contributed by atoms with van der Waals surface area (Å²) in [6.45, 7) is 7.20. The van der Waals surface area contributed by atoms with Crippen LogP contribution in [0.2, 0.25) is 0 Å². The summed E-state index contributed by atoms with van der Waals surface area (Å²) in [5, 5.41) is 10.3. The number of rotatable bonds is 6. The first-order valence-electron chi connectivity index (χ1n) is 10.00. The molecule has 1 aliphatic heterocycles. The first kappa shape index (κ1) is 18.7. The Hall–Kier alpha value is -1.10. The fraction of sp³-hybridized carbons (Fsp3) is 0.714. The number of benzene rings is 1. The zero-order valence-corrected chi connectivity index (χ0v) is 15.7. The van der Waals surface area contributed by atoms with Crippen molar-refractivity contribution in [1.82, 2.24) is 0 Å². The third-order valence-electron chi connectivity index (χ3n) is 5.54. The smallest absolute Gasteiger partial charge is 0.137 e. The van der Waals surface area contributed by atoms with Gasteiger partial charge in [0.05, 0.1) is 0 Å². The van der Waals surface area contributed by atoms with Gasteiger partial charge in [0, 0.05) is 0 Å². The van der Waals surface area contributed by atoms with Crippen LogP contribution in [0.25, 0.3) is 0 Å². The molecule has 3 rings (SSSR count). The molecule has 0 bridgehead atoms. The summed E-state index contributed by atoms with van der Waals surface area (Å²) < 4.78 is 11.6. The van der Waals surface area contributed by atoms with Crippen LogP contribution < -0.4 is 9.64 Å². The first-order valence-corrected chi connectivity index (χ1v) is 10.00. The Morgan fingerprint density at radius 2 is 1.72 bits per heavy atom. The molecule has 1 saturated carbocycles. The lowest BCUT2D eigenvalue weighted by Crippen LogP contribution is -3.16. The maximum atomic E-state index is 10.3. The van der Waals surface area contributed by atoms with E-state index < -0.39 is 6.10 Å². The average Bonchev–Trinajstić information content (AvgIpc) is 2.60. The first-order chi connectivity index (χ1) is 12.1. The van der Waals surface area contributed by atoms with E-state index in [1.807, 2.05) is 0 Å². The van der Waals surface area contributed by atoms with Crippen molar-refractivity contribution in [3.63, 3.8) is 0 Å². The van der Waals surface area contributed by atoms with Crippen molar-refractivity contribution in [3.05, 3.63) is 29.8 Å². The van der Waals surface area contributed by atoms with Gasteiger partial charge in [-0.2, -0.15) is 0 Å². The largest absolute Gasteiger partial charge is 0.491 e. The molecule has 140 valence electrons. The maximum Gasteiger partial charge on any atom is 0.137 e. The Balaban J connectivity index is 1.43. The topological polar surface area (TPSA) is 43.1 Å². The number of morpholine rings is 1. The van der Waals surface area contributed by atoms with Crippen molar-refractivity contribution in [2.24, 2.45) is 0 Å². The van der Waals surface area contributed by atoms with E-state index in [2.05, 4.69) is 38.1 Å². The molecule has 0 aromatic heterocycles. The molecule has 0 unspecified atom stereocenters. The predicted octanol–water partition coefficient (Wildman–Crippen LogP) is 2.17. The highest BCUT2D eigenvalue weighted by atomic mass is 16.5. The number of hydrogen-bond acceptors (Lipinski definition) is 3.